The molecule has 0 spiro atoms. The molecule has 0 amide bonds. The van der Waals surface area contributed by atoms with Crippen LogP contribution in [0.4, 0.5) is 0 Å². The molecule has 6 nitrogen and oxygen atoms in total. The smallest absolute Gasteiger partial charge is 0.243 e. The Morgan fingerprint density at radius 1 is 1.07 bits per heavy atom. The summed E-state index contributed by atoms with van der Waals surface area (Å²) in [4.78, 5) is 2.26. The Kier molecular flexibility index (Phi) is 6.77. The Bertz CT molecular complexity index is 910. The topological polar surface area (TPSA) is 61.9 Å². The molecule has 1 aliphatic heterocycles. The van der Waals surface area contributed by atoms with Gasteiger partial charge in [-0.2, -0.15) is 4.31 Å². The van der Waals surface area contributed by atoms with Crippen LogP contribution in [0.2, 0.25) is 5.02 Å². The molecule has 1 fully saturated rings. The van der Waals surface area contributed by atoms with E-state index in [-0.39, 0.29) is 4.90 Å². The lowest BCUT2D eigenvalue weighted by Crippen LogP contribution is -2.52. The van der Waals surface area contributed by atoms with E-state index in [2.05, 4.69) is 5.32 Å². The molecule has 0 atom stereocenters. The minimum Gasteiger partial charge on any atom is -0.497 e. The van der Waals surface area contributed by atoms with Crippen LogP contribution in [0, 0.1) is 0 Å². The highest BCUT2D eigenvalue weighted by molar-refractivity contribution is 7.89. The zero-order valence-corrected chi connectivity index (χ0v) is 17.9. The predicted octanol–water partition coefficient (Wildman–Crippen LogP) is 2.73. The van der Waals surface area contributed by atoms with Gasteiger partial charge in [0.05, 0.1) is 12.0 Å². The van der Waals surface area contributed by atoms with Gasteiger partial charge in [-0.05, 0) is 54.2 Å². The number of nitrogens with zero attached hydrogens (tertiary/aromatic N) is 2. The lowest BCUT2D eigenvalue weighted by molar-refractivity contribution is 0.264. The zero-order chi connectivity index (χ0) is 20.1. The zero-order valence-electron chi connectivity index (χ0n) is 15.5. The summed E-state index contributed by atoms with van der Waals surface area (Å²) in [5.41, 5.74) is 1.08. The fourth-order valence-corrected chi connectivity index (χ4v) is 4.72. The van der Waals surface area contributed by atoms with Crippen LogP contribution in [-0.4, -0.2) is 56.0 Å². The number of thiocarbonyl (C=S) groups is 1. The summed E-state index contributed by atoms with van der Waals surface area (Å²) in [7, 11) is -1.97. The molecule has 1 saturated heterocycles. The summed E-state index contributed by atoms with van der Waals surface area (Å²) >= 11 is 11.4. The minimum atomic E-state index is -3.52. The van der Waals surface area contributed by atoms with Crippen molar-refractivity contribution in [1.29, 1.82) is 0 Å². The number of hydrogen-bond donors (Lipinski definition) is 1. The number of piperazine rings is 1. The van der Waals surface area contributed by atoms with E-state index in [4.69, 9.17) is 28.6 Å². The Morgan fingerprint density at radius 2 is 1.68 bits per heavy atom. The fourth-order valence-electron chi connectivity index (χ4n) is 2.92. The second-order valence-electron chi connectivity index (χ2n) is 6.35. The first-order chi connectivity index (χ1) is 13.4. The molecule has 0 unspecified atom stereocenters. The van der Waals surface area contributed by atoms with Crippen molar-refractivity contribution in [2.75, 3.05) is 33.3 Å². The molecule has 3 rings (SSSR count). The highest BCUT2D eigenvalue weighted by Gasteiger charge is 2.29. The number of halogens is 1. The highest BCUT2D eigenvalue weighted by Crippen LogP contribution is 2.20. The van der Waals surface area contributed by atoms with Crippen molar-refractivity contribution in [2.45, 2.75) is 11.4 Å². The van der Waals surface area contributed by atoms with E-state index in [0.717, 1.165) is 5.56 Å². The Hall–Kier alpha value is -1.87. The van der Waals surface area contributed by atoms with Gasteiger partial charge in [0, 0.05) is 37.7 Å². The average Bonchev–Trinajstić information content (AvgIpc) is 2.73. The maximum absolute atomic E-state index is 12.8. The molecule has 1 aliphatic rings. The van der Waals surface area contributed by atoms with Gasteiger partial charge < -0.3 is 15.0 Å². The van der Waals surface area contributed by atoms with E-state index >= 15 is 0 Å². The molecule has 28 heavy (non-hydrogen) atoms. The fraction of sp³-hybridized carbons (Fsp3) is 0.316. The van der Waals surface area contributed by atoms with Crippen LogP contribution in [0.5, 0.6) is 5.75 Å². The van der Waals surface area contributed by atoms with Gasteiger partial charge in [-0.3, -0.25) is 0 Å². The first-order valence-electron chi connectivity index (χ1n) is 8.81. The van der Waals surface area contributed by atoms with Crippen LogP contribution in [0.25, 0.3) is 0 Å². The summed E-state index contributed by atoms with van der Waals surface area (Å²) in [5.74, 6) is 0.626. The number of benzene rings is 2. The largest absolute Gasteiger partial charge is 0.497 e. The number of rotatable bonds is 5. The van der Waals surface area contributed by atoms with Gasteiger partial charge >= 0.3 is 0 Å². The van der Waals surface area contributed by atoms with Crippen LogP contribution < -0.4 is 10.1 Å². The van der Waals surface area contributed by atoms with Crippen molar-refractivity contribution in [3.05, 3.63) is 59.1 Å². The molecule has 0 bridgehead atoms. The molecule has 0 aromatic heterocycles. The van der Waals surface area contributed by atoms with Crippen molar-refractivity contribution in [1.82, 2.24) is 14.5 Å². The Labute approximate surface area is 176 Å². The SMILES string of the molecule is COc1ccc(S(=O)(=O)N2CCN(C(=S)NCc3ccc(Cl)cc3)CC2)cc1. The van der Waals surface area contributed by atoms with Gasteiger partial charge in [-0.1, -0.05) is 23.7 Å². The lowest BCUT2D eigenvalue weighted by Gasteiger charge is -2.35. The normalized spacial score (nSPS) is 15.3. The average molecular weight is 440 g/mol. The second-order valence-corrected chi connectivity index (χ2v) is 9.11. The summed E-state index contributed by atoms with van der Waals surface area (Å²) in [5, 5.41) is 4.54. The van der Waals surface area contributed by atoms with Gasteiger partial charge in [0.2, 0.25) is 10.0 Å². The van der Waals surface area contributed by atoms with Crippen LogP contribution in [0.1, 0.15) is 5.56 Å². The van der Waals surface area contributed by atoms with Crippen LogP contribution in [-0.2, 0) is 16.6 Å². The predicted molar refractivity (Wildman–Crippen MR) is 114 cm³/mol. The standard InChI is InChI=1S/C19H22ClN3O3S2/c1-26-17-6-8-18(9-7-17)28(24,25)23-12-10-22(11-13-23)19(27)21-14-15-2-4-16(20)5-3-15/h2-9H,10-14H2,1H3,(H,21,27). The van der Waals surface area contributed by atoms with E-state index in [0.29, 0.717) is 48.6 Å². The first kappa shape index (κ1) is 20.9. The molecule has 0 saturated carbocycles. The summed E-state index contributed by atoms with van der Waals surface area (Å²) in [6, 6.07) is 14.0. The van der Waals surface area contributed by atoms with Crippen molar-refractivity contribution < 1.29 is 13.2 Å². The summed E-state index contributed by atoms with van der Waals surface area (Å²) in [6.07, 6.45) is 0. The van der Waals surface area contributed by atoms with Gasteiger partial charge in [0.1, 0.15) is 5.75 Å². The maximum atomic E-state index is 12.8. The molecule has 0 aliphatic carbocycles. The van der Waals surface area contributed by atoms with Crippen molar-refractivity contribution in [3.8, 4) is 5.75 Å². The molecular weight excluding hydrogens is 418 g/mol. The van der Waals surface area contributed by atoms with Crippen LogP contribution in [0.15, 0.2) is 53.4 Å². The maximum Gasteiger partial charge on any atom is 0.243 e. The Morgan fingerprint density at radius 3 is 2.25 bits per heavy atom. The third-order valence-electron chi connectivity index (χ3n) is 4.58. The van der Waals surface area contributed by atoms with Gasteiger partial charge in [0.25, 0.3) is 0 Å². The van der Waals surface area contributed by atoms with Crippen molar-refractivity contribution >= 4 is 39.0 Å². The minimum absolute atomic E-state index is 0.269. The molecule has 1 heterocycles. The van der Waals surface area contributed by atoms with E-state index in [1.807, 2.05) is 29.2 Å². The van der Waals surface area contributed by atoms with E-state index in [9.17, 15) is 8.42 Å². The highest BCUT2D eigenvalue weighted by atomic mass is 35.5. The van der Waals surface area contributed by atoms with Crippen LogP contribution in [0.3, 0.4) is 0 Å². The quantitative estimate of drug-likeness (QED) is 0.723. The molecule has 0 radical (unpaired) electrons. The third-order valence-corrected chi connectivity index (χ3v) is 7.15. The number of ether oxygens (including phenoxy) is 1. The molecule has 9 heteroatoms. The van der Waals surface area contributed by atoms with Gasteiger partial charge in [0.15, 0.2) is 5.11 Å². The van der Waals surface area contributed by atoms with Gasteiger partial charge in [-0.25, -0.2) is 8.42 Å². The molecular formula is C19H22ClN3O3S2. The van der Waals surface area contributed by atoms with Crippen molar-refractivity contribution in [3.63, 3.8) is 0 Å². The monoisotopic (exact) mass is 439 g/mol. The summed E-state index contributed by atoms with van der Waals surface area (Å²) < 4.78 is 32.2. The van der Waals surface area contributed by atoms with E-state index in [1.54, 1.807) is 31.4 Å². The number of sulfonamides is 1. The Balaban J connectivity index is 1.54. The van der Waals surface area contributed by atoms with Crippen LogP contribution >= 0.6 is 23.8 Å². The number of nitrogens with one attached hydrogen (secondary N) is 1. The lowest BCUT2D eigenvalue weighted by atomic mass is 10.2. The molecule has 150 valence electrons. The van der Waals surface area contributed by atoms with Crippen molar-refractivity contribution in [2.24, 2.45) is 0 Å². The van der Waals surface area contributed by atoms with Gasteiger partial charge in [-0.15, -0.1) is 0 Å². The van der Waals surface area contributed by atoms with E-state index < -0.39 is 10.0 Å². The molecule has 2 aromatic rings. The number of hydrogen-bond acceptors (Lipinski definition) is 4. The summed E-state index contributed by atoms with van der Waals surface area (Å²) in [6.45, 7) is 2.46. The first-order valence-corrected chi connectivity index (χ1v) is 11.0. The third kappa shape index (κ3) is 4.94. The van der Waals surface area contributed by atoms with E-state index in [1.165, 1.54) is 4.31 Å². The number of methoxy groups -OCH3 is 1. The second kappa shape index (κ2) is 9.09. The molecule has 2 aromatic carbocycles. The molecule has 1 N–H and O–H groups in total.